The number of nitrogens with zero attached hydrogens (tertiary/aromatic N) is 4. The molecular formula is C21H26N6O6. The number of carbonyl (C=O) groups excluding carboxylic acids is 3. The van der Waals surface area contributed by atoms with Gasteiger partial charge in [0, 0.05) is 27.4 Å². The summed E-state index contributed by atoms with van der Waals surface area (Å²) in [5, 5.41) is 16.3. The largest absolute Gasteiger partial charge is 0.358 e. The number of epoxide rings is 1. The number of aromatic nitrogens is 2. The highest BCUT2D eigenvalue weighted by molar-refractivity contribution is 5.97. The molecule has 3 rings (SSSR count). The summed E-state index contributed by atoms with van der Waals surface area (Å²) in [6.07, 6.45) is -0.517. The summed E-state index contributed by atoms with van der Waals surface area (Å²) in [6.45, 7) is 1.87. The van der Waals surface area contributed by atoms with Gasteiger partial charge in [0.2, 0.25) is 5.91 Å². The maximum Gasteiger partial charge on any atom is 0.342 e. The Balaban J connectivity index is 1.52. The topological polar surface area (TPSA) is 152 Å². The zero-order valence-corrected chi connectivity index (χ0v) is 18.6. The normalized spacial score (nSPS) is 17.7. The second-order valence-electron chi connectivity index (χ2n) is 7.82. The van der Waals surface area contributed by atoms with Gasteiger partial charge >= 0.3 is 5.82 Å². The van der Waals surface area contributed by atoms with E-state index in [2.05, 4.69) is 15.6 Å². The lowest BCUT2D eigenvalue weighted by atomic mass is 10.0. The van der Waals surface area contributed by atoms with Crippen molar-refractivity contribution in [3.63, 3.8) is 0 Å². The first kappa shape index (κ1) is 23.9. The molecule has 1 aliphatic heterocycles. The summed E-state index contributed by atoms with van der Waals surface area (Å²) in [5.41, 5.74) is 0.882. The van der Waals surface area contributed by atoms with Crippen LogP contribution < -0.4 is 10.6 Å². The molecule has 0 bridgehead atoms. The molecule has 12 heteroatoms. The Morgan fingerprint density at radius 1 is 1.21 bits per heavy atom. The maximum absolute atomic E-state index is 12.6. The Morgan fingerprint density at radius 2 is 1.88 bits per heavy atom. The quantitative estimate of drug-likeness (QED) is 0.284. The molecule has 1 aromatic carbocycles. The molecule has 176 valence electrons. The van der Waals surface area contributed by atoms with E-state index in [9.17, 15) is 24.5 Å². The first-order chi connectivity index (χ1) is 15.7. The van der Waals surface area contributed by atoms with Gasteiger partial charge in [-0.25, -0.2) is 9.55 Å². The molecule has 1 fully saturated rings. The van der Waals surface area contributed by atoms with Crippen molar-refractivity contribution in [2.75, 3.05) is 20.6 Å². The van der Waals surface area contributed by atoms with Crippen molar-refractivity contribution >= 4 is 23.5 Å². The third kappa shape index (κ3) is 5.92. The first-order valence-electron chi connectivity index (χ1n) is 10.3. The van der Waals surface area contributed by atoms with Crippen LogP contribution in [0, 0.1) is 17.0 Å². The molecule has 33 heavy (non-hydrogen) atoms. The van der Waals surface area contributed by atoms with Gasteiger partial charge in [-0.05, 0) is 10.5 Å². The number of likely N-dealkylation sites (N-methyl/N-ethyl adjacent to an activating group) is 1. The Morgan fingerprint density at radius 3 is 2.52 bits per heavy atom. The van der Waals surface area contributed by atoms with Gasteiger partial charge in [-0.3, -0.25) is 14.4 Å². The number of ether oxygens (including phenoxy) is 1. The van der Waals surface area contributed by atoms with E-state index >= 15 is 0 Å². The summed E-state index contributed by atoms with van der Waals surface area (Å²) >= 11 is 0. The lowest BCUT2D eigenvalue weighted by Gasteiger charge is -2.21. The van der Waals surface area contributed by atoms with Gasteiger partial charge in [-0.2, -0.15) is 0 Å². The van der Waals surface area contributed by atoms with E-state index < -0.39 is 35.0 Å². The molecule has 2 unspecified atom stereocenters. The summed E-state index contributed by atoms with van der Waals surface area (Å²) < 4.78 is 6.60. The van der Waals surface area contributed by atoms with Crippen LogP contribution in [0.5, 0.6) is 0 Å². The summed E-state index contributed by atoms with van der Waals surface area (Å²) in [5.74, 6) is -1.05. The Kier molecular flexibility index (Phi) is 7.38. The monoisotopic (exact) mass is 458 g/mol. The second kappa shape index (κ2) is 10.2. The van der Waals surface area contributed by atoms with Gasteiger partial charge in [0.25, 0.3) is 11.8 Å². The number of benzene rings is 1. The van der Waals surface area contributed by atoms with Crippen LogP contribution in [0.3, 0.4) is 0 Å². The Bertz CT molecular complexity index is 1040. The molecule has 2 heterocycles. The third-order valence-electron chi connectivity index (χ3n) is 5.20. The number of rotatable bonds is 10. The standard InChI is InChI=1S/C21H26N6O6/c1-13-23-12-16(27(31)32)26(13)10-9-22-19(28)17-18(33-17)20(29)24-15(21(30)25(2)3)11-14-7-5-4-6-8-14/h4-8,12,15,17-18H,9-11H2,1-3H3,(H,22,28)(H,24,29)/t15-,17?,18?/m0/s1. The molecule has 2 N–H and O–H groups in total. The van der Waals surface area contributed by atoms with Crippen LogP contribution in [0.4, 0.5) is 5.82 Å². The molecule has 3 atom stereocenters. The van der Waals surface area contributed by atoms with Crippen LogP contribution in [-0.2, 0) is 32.1 Å². The van der Waals surface area contributed by atoms with Gasteiger partial charge in [0.1, 0.15) is 18.8 Å². The van der Waals surface area contributed by atoms with E-state index in [4.69, 9.17) is 4.74 Å². The number of nitro groups is 1. The van der Waals surface area contributed by atoms with Crippen molar-refractivity contribution in [1.82, 2.24) is 25.1 Å². The van der Waals surface area contributed by atoms with Crippen molar-refractivity contribution in [2.45, 2.75) is 38.1 Å². The van der Waals surface area contributed by atoms with E-state index in [1.807, 2.05) is 30.3 Å². The van der Waals surface area contributed by atoms with Crippen LogP contribution >= 0.6 is 0 Å². The van der Waals surface area contributed by atoms with E-state index in [0.717, 1.165) is 11.8 Å². The zero-order valence-electron chi connectivity index (χ0n) is 18.6. The molecule has 1 saturated heterocycles. The summed E-state index contributed by atoms with van der Waals surface area (Å²) in [7, 11) is 3.20. The highest BCUT2D eigenvalue weighted by Gasteiger charge is 2.51. The number of nitrogens with one attached hydrogen (secondary N) is 2. The van der Waals surface area contributed by atoms with Crippen molar-refractivity contribution in [3.05, 3.63) is 58.0 Å². The molecule has 0 radical (unpaired) electrons. The number of hydrogen-bond acceptors (Lipinski definition) is 7. The van der Waals surface area contributed by atoms with Crippen molar-refractivity contribution in [2.24, 2.45) is 0 Å². The highest BCUT2D eigenvalue weighted by Crippen LogP contribution is 2.23. The predicted octanol–water partition coefficient (Wildman–Crippen LogP) is -0.201. The fraction of sp³-hybridized carbons (Fsp3) is 0.429. The smallest absolute Gasteiger partial charge is 0.342 e. The SMILES string of the molecule is Cc1ncc([N+](=O)[O-])n1CCNC(=O)C1OC1C(=O)N[C@@H](Cc1ccccc1)C(=O)N(C)C. The first-order valence-corrected chi connectivity index (χ1v) is 10.3. The van der Waals surface area contributed by atoms with Crippen molar-refractivity contribution < 1.29 is 24.0 Å². The zero-order chi connectivity index (χ0) is 24.1. The summed E-state index contributed by atoms with van der Waals surface area (Å²) in [6, 6.07) is 8.47. The van der Waals surface area contributed by atoms with E-state index in [1.54, 1.807) is 21.0 Å². The lowest BCUT2D eigenvalue weighted by Crippen LogP contribution is -2.49. The second-order valence-corrected chi connectivity index (χ2v) is 7.82. The van der Waals surface area contributed by atoms with Gasteiger partial charge in [0.15, 0.2) is 18.0 Å². The fourth-order valence-corrected chi connectivity index (χ4v) is 3.40. The summed E-state index contributed by atoms with van der Waals surface area (Å²) in [4.78, 5) is 53.2. The molecule has 2 aromatic rings. The van der Waals surface area contributed by atoms with Crippen LogP contribution in [0.15, 0.2) is 36.5 Å². The van der Waals surface area contributed by atoms with Crippen LogP contribution in [0.1, 0.15) is 11.4 Å². The van der Waals surface area contributed by atoms with Crippen LogP contribution in [0.25, 0.3) is 0 Å². The minimum absolute atomic E-state index is 0.0980. The average Bonchev–Trinajstić information content (AvgIpc) is 3.50. The molecule has 1 aromatic heterocycles. The molecule has 1 aliphatic rings. The van der Waals surface area contributed by atoms with E-state index in [1.165, 1.54) is 9.47 Å². The van der Waals surface area contributed by atoms with Crippen molar-refractivity contribution in [1.29, 1.82) is 0 Å². The number of aryl methyl sites for hydroxylation is 1. The van der Waals surface area contributed by atoms with Crippen molar-refractivity contribution in [3.8, 4) is 0 Å². The number of imidazole rings is 1. The van der Waals surface area contributed by atoms with Gasteiger partial charge in [-0.1, -0.05) is 30.3 Å². The van der Waals surface area contributed by atoms with E-state index in [-0.39, 0.29) is 24.8 Å². The minimum atomic E-state index is -0.998. The lowest BCUT2D eigenvalue weighted by molar-refractivity contribution is -0.392. The van der Waals surface area contributed by atoms with Crippen LogP contribution in [0.2, 0.25) is 0 Å². The molecule has 3 amide bonds. The average molecular weight is 458 g/mol. The van der Waals surface area contributed by atoms with Crippen LogP contribution in [-0.4, -0.2) is 76.0 Å². The Labute approximate surface area is 190 Å². The predicted molar refractivity (Wildman–Crippen MR) is 116 cm³/mol. The Hall–Kier alpha value is -3.80. The fourth-order valence-electron chi connectivity index (χ4n) is 3.40. The number of hydrogen-bond donors (Lipinski definition) is 2. The third-order valence-corrected chi connectivity index (χ3v) is 5.20. The highest BCUT2D eigenvalue weighted by atomic mass is 16.6. The number of carbonyl (C=O) groups is 3. The maximum atomic E-state index is 12.6. The molecule has 0 aliphatic carbocycles. The molecule has 12 nitrogen and oxygen atoms in total. The molecule has 0 saturated carbocycles. The molecule has 0 spiro atoms. The van der Waals surface area contributed by atoms with Gasteiger partial charge in [-0.15, -0.1) is 0 Å². The minimum Gasteiger partial charge on any atom is -0.358 e. The van der Waals surface area contributed by atoms with E-state index in [0.29, 0.717) is 12.2 Å². The molecular weight excluding hydrogens is 432 g/mol. The number of amides is 3. The van der Waals surface area contributed by atoms with Gasteiger partial charge in [0.05, 0.1) is 6.54 Å². The van der Waals surface area contributed by atoms with Gasteiger partial charge < -0.3 is 30.4 Å².